The Bertz CT molecular complexity index is 1210. The number of nitrogens with zero attached hydrogens (tertiary/aromatic N) is 4. The molecule has 0 atom stereocenters. The monoisotopic (exact) mass is 476 g/mol. The van der Waals surface area contributed by atoms with Gasteiger partial charge in [0.2, 0.25) is 10.0 Å². The number of piperazine rings is 1. The normalized spacial score (nSPS) is 15.3. The zero-order valence-electron chi connectivity index (χ0n) is 17.2. The molecule has 0 bridgehead atoms. The van der Waals surface area contributed by atoms with Crippen LogP contribution in [0, 0.1) is 13.8 Å². The van der Waals surface area contributed by atoms with Gasteiger partial charge in [0.1, 0.15) is 0 Å². The van der Waals surface area contributed by atoms with Crippen molar-refractivity contribution in [2.45, 2.75) is 18.7 Å². The second-order valence-electron chi connectivity index (χ2n) is 7.51. The van der Waals surface area contributed by atoms with Crippen molar-refractivity contribution in [2.75, 3.05) is 31.1 Å². The molecular weight excluding hydrogens is 455 g/mol. The summed E-state index contributed by atoms with van der Waals surface area (Å²) in [7, 11) is -3.59. The number of hydrogen-bond acceptors (Lipinski definition) is 5. The summed E-state index contributed by atoms with van der Waals surface area (Å²) in [5.74, 6) is 0.714. The van der Waals surface area contributed by atoms with Crippen molar-refractivity contribution in [3.05, 3.63) is 69.7 Å². The molecule has 1 aliphatic rings. The van der Waals surface area contributed by atoms with Crippen molar-refractivity contribution in [1.29, 1.82) is 0 Å². The van der Waals surface area contributed by atoms with E-state index in [4.69, 9.17) is 23.2 Å². The molecule has 3 aromatic rings. The van der Waals surface area contributed by atoms with Crippen LogP contribution in [0.2, 0.25) is 10.0 Å². The molecule has 1 saturated heterocycles. The molecule has 9 heteroatoms. The second-order valence-corrected chi connectivity index (χ2v) is 10.2. The van der Waals surface area contributed by atoms with Crippen molar-refractivity contribution in [2.24, 2.45) is 0 Å². The Kier molecular flexibility index (Phi) is 6.21. The van der Waals surface area contributed by atoms with Gasteiger partial charge >= 0.3 is 0 Å². The largest absolute Gasteiger partial charge is 0.352 e. The van der Waals surface area contributed by atoms with E-state index in [-0.39, 0.29) is 0 Å². The van der Waals surface area contributed by atoms with Gasteiger partial charge in [0.15, 0.2) is 5.82 Å². The van der Waals surface area contributed by atoms with Crippen LogP contribution in [0.4, 0.5) is 5.82 Å². The molecule has 6 nitrogen and oxygen atoms in total. The Morgan fingerprint density at radius 1 is 0.839 bits per heavy atom. The van der Waals surface area contributed by atoms with Gasteiger partial charge < -0.3 is 4.90 Å². The van der Waals surface area contributed by atoms with E-state index in [0.29, 0.717) is 58.2 Å². The van der Waals surface area contributed by atoms with E-state index in [0.717, 1.165) is 11.1 Å². The minimum absolute atomic E-state index is 0.312. The van der Waals surface area contributed by atoms with Crippen molar-refractivity contribution in [3.63, 3.8) is 0 Å². The predicted octanol–water partition coefficient (Wildman–Crippen LogP) is 4.58. The van der Waals surface area contributed by atoms with E-state index in [1.165, 1.54) is 4.31 Å². The van der Waals surface area contributed by atoms with Crippen molar-refractivity contribution in [3.8, 4) is 11.3 Å². The molecule has 0 amide bonds. The molecule has 2 aromatic carbocycles. The smallest absolute Gasteiger partial charge is 0.243 e. The summed E-state index contributed by atoms with van der Waals surface area (Å²) >= 11 is 12.4. The predicted molar refractivity (Wildman–Crippen MR) is 124 cm³/mol. The maximum atomic E-state index is 13.2. The lowest BCUT2D eigenvalue weighted by Gasteiger charge is -2.34. The Balaban J connectivity index is 1.47. The summed E-state index contributed by atoms with van der Waals surface area (Å²) in [6.07, 6.45) is 0. The van der Waals surface area contributed by atoms with Crippen molar-refractivity contribution in [1.82, 2.24) is 14.5 Å². The summed E-state index contributed by atoms with van der Waals surface area (Å²) in [6.45, 7) is 5.39. The highest BCUT2D eigenvalue weighted by Crippen LogP contribution is 2.28. The molecule has 0 spiro atoms. The van der Waals surface area contributed by atoms with Gasteiger partial charge in [0, 0.05) is 36.8 Å². The highest BCUT2D eigenvalue weighted by Gasteiger charge is 2.30. The minimum atomic E-state index is -3.59. The standard InChI is InChI=1S/C22H22Cl2N4O2S/c1-15-14-21(16(2)13-19(15)24)31(29,30)28-11-9-27(10-12-28)22-8-7-20(25-26-22)17-5-3-4-6-18(17)23/h3-8,13-14H,9-12H2,1-2H3. The van der Waals surface area contributed by atoms with Crippen LogP contribution in [0.25, 0.3) is 11.3 Å². The number of sulfonamides is 1. The molecule has 0 radical (unpaired) electrons. The Morgan fingerprint density at radius 2 is 1.55 bits per heavy atom. The third kappa shape index (κ3) is 4.41. The van der Waals surface area contributed by atoms with Gasteiger partial charge in [0.05, 0.1) is 15.6 Å². The molecule has 162 valence electrons. The van der Waals surface area contributed by atoms with E-state index in [9.17, 15) is 8.42 Å². The highest BCUT2D eigenvalue weighted by atomic mass is 35.5. The molecule has 2 heterocycles. The van der Waals surface area contributed by atoms with Crippen LogP contribution < -0.4 is 4.90 Å². The average molecular weight is 477 g/mol. The van der Waals surface area contributed by atoms with E-state index in [2.05, 4.69) is 10.2 Å². The van der Waals surface area contributed by atoms with Crippen LogP contribution in [0.15, 0.2) is 53.4 Å². The molecule has 31 heavy (non-hydrogen) atoms. The summed E-state index contributed by atoms with van der Waals surface area (Å²) in [5.41, 5.74) is 2.93. The number of aryl methyl sites for hydroxylation is 2. The number of rotatable bonds is 4. The zero-order chi connectivity index (χ0) is 22.2. The number of benzene rings is 2. The SMILES string of the molecule is Cc1cc(S(=O)(=O)N2CCN(c3ccc(-c4ccccc4Cl)nn3)CC2)c(C)cc1Cl. The van der Waals surface area contributed by atoms with Gasteiger partial charge in [-0.2, -0.15) is 4.31 Å². The highest BCUT2D eigenvalue weighted by molar-refractivity contribution is 7.89. The lowest BCUT2D eigenvalue weighted by atomic mass is 10.1. The lowest BCUT2D eigenvalue weighted by Crippen LogP contribution is -2.49. The fourth-order valence-electron chi connectivity index (χ4n) is 3.64. The lowest BCUT2D eigenvalue weighted by molar-refractivity contribution is 0.383. The van der Waals surface area contributed by atoms with Gasteiger partial charge in [-0.1, -0.05) is 41.4 Å². The Labute approximate surface area is 192 Å². The average Bonchev–Trinajstić information content (AvgIpc) is 2.77. The van der Waals surface area contributed by atoms with Gasteiger partial charge in [-0.25, -0.2) is 8.42 Å². The van der Waals surface area contributed by atoms with Crippen LogP contribution in [0.1, 0.15) is 11.1 Å². The second kappa shape index (κ2) is 8.74. The van der Waals surface area contributed by atoms with E-state index < -0.39 is 10.0 Å². The maximum absolute atomic E-state index is 13.2. The third-order valence-corrected chi connectivity index (χ3v) is 8.21. The number of hydrogen-bond donors (Lipinski definition) is 0. The summed E-state index contributed by atoms with van der Waals surface area (Å²) in [6, 6.07) is 14.6. The fraction of sp³-hybridized carbons (Fsp3) is 0.273. The van der Waals surface area contributed by atoms with Crippen LogP contribution in [0.5, 0.6) is 0 Å². The first-order chi connectivity index (χ1) is 14.8. The molecule has 0 N–H and O–H groups in total. The van der Waals surface area contributed by atoms with Crippen LogP contribution in [-0.2, 0) is 10.0 Å². The first-order valence-corrected chi connectivity index (χ1v) is 12.1. The quantitative estimate of drug-likeness (QED) is 0.551. The molecule has 1 fully saturated rings. The molecule has 1 aliphatic heterocycles. The van der Waals surface area contributed by atoms with E-state index in [1.54, 1.807) is 19.1 Å². The van der Waals surface area contributed by atoms with E-state index >= 15 is 0 Å². The van der Waals surface area contributed by atoms with Crippen LogP contribution >= 0.6 is 23.2 Å². The molecule has 0 saturated carbocycles. The number of aromatic nitrogens is 2. The van der Waals surface area contributed by atoms with Crippen molar-refractivity contribution < 1.29 is 8.42 Å². The van der Waals surface area contributed by atoms with Gasteiger partial charge in [-0.05, 0) is 55.3 Å². The molecule has 4 rings (SSSR count). The van der Waals surface area contributed by atoms with Gasteiger partial charge in [-0.3, -0.25) is 0 Å². The first-order valence-electron chi connectivity index (χ1n) is 9.88. The fourth-order valence-corrected chi connectivity index (χ4v) is 5.80. The molecular formula is C22H22Cl2N4O2S. The third-order valence-electron chi connectivity index (χ3n) is 5.44. The maximum Gasteiger partial charge on any atom is 0.243 e. The topological polar surface area (TPSA) is 66.4 Å². The molecule has 0 aliphatic carbocycles. The van der Waals surface area contributed by atoms with Gasteiger partial charge in [0.25, 0.3) is 0 Å². The summed E-state index contributed by atoms with van der Waals surface area (Å²) in [5, 5.41) is 9.84. The van der Waals surface area contributed by atoms with Crippen LogP contribution in [0.3, 0.4) is 0 Å². The minimum Gasteiger partial charge on any atom is -0.352 e. The van der Waals surface area contributed by atoms with Crippen molar-refractivity contribution >= 4 is 39.0 Å². The Hall–Kier alpha value is -2.19. The van der Waals surface area contributed by atoms with Gasteiger partial charge in [-0.15, -0.1) is 10.2 Å². The molecule has 0 unspecified atom stereocenters. The van der Waals surface area contributed by atoms with Crippen LogP contribution in [-0.4, -0.2) is 49.1 Å². The van der Waals surface area contributed by atoms with E-state index in [1.807, 2.05) is 48.2 Å². The number of anilines is 1. The zero-order valence-corrected chi connectivity index (χ0v) is 19.5. The summed E-state index contributed by atoms with van der Waals surface area (Å²) in [4.78, 5) is 2.35. The first kappa shape index (κ1) is 22.0. The Morgan fingerprint density at radius 3 is 2.19 bits per heavy atom. The number of halogens is 2. The summed E-state index contributed by atoms with van der Waals surface area (Å²) < 4.78 is 27.9. The molecule has 1 aromatic heterocycles.